The fourth-order valence-corrected chi connectivity index (χ4v) is 4.68. The van der Waals surface area contributed by atoms with Crippen molar-refractivity contribution in [3.8, 4) is 0 Å². The number of allylic oxidation sites excluding steroid dienone is 1. The van der Waals surface area contributed by atoms with Crippen LogP contribution >= 0.6 is 0 Å². The van der Waals surface area contributed by atoms with Gasteiger partial charge in [-0.05, 0) is 82.9 Å². The molecule has 2 aliphatic rings. The van der Waals surface area contributed by atoms with Crippen LogP contribution in [0.15, 0.2) is 42.5 Å². The molecule has 2 unspecified atom stereocenters. The summed E-state index contributed by atoms with van der Waals surface area (Å²) in [6, 6.07) is 11.2. The normalized spacial score (nSPS) is 32.6. The van der Waals surface area contributed by atoms with E-state index in [1.54, 1.807) is 0 Å². The van der Waals surface area contributed by atoms with Crippen molar-refractivity contribution in [2.24, 2.45) is 11.8 Å². The van der Waals surface area contributed by atoms with Gasteiger partial charge in [0.15, 0.2) is 0 Å². The first-order valence-electron chi connectivity index (χ1n) is 9.61. The SMILES string of the molecule is C=C(C)[C@@H]1CCC(C)(O)C(N2CCC(Cc3ccccc3)CC2)C1. The van der Waals surface area contributed by atoms with Crippen LogP contribution in [0.1, 0.15) is 51.5 Å². The van der Waals surface area contributed by atoms with Gasteiger partial charge in [-0.1, -0.05) is 42.5 Å². The first kappa shape index (κ1) is 17.7. The molecule has 0 bridgehead atoms. The van der Waals surface area contributed by atoms with Gasteiger partial charge in [-0.2, -0.15) is 0 Å². The van der Waals surface area contributed by atoms with Gasteiger partial charge in [-0.15, -0.1) is 0 Å². The van der Waals surface area contributed by atoms with E-state index in [-0.39, 0.29) is 0 Å². The van der Waals surface area contributed by atoms with Crippen molar-refractivity contribution in [1.82, 2.24) is 4.90 Å². The third kappa shape index (κ3) is 4.10. The van der Waals surface area contributed by atoms with Crippen LogP contribution in [0.3, 0.4) is 0 Å². The molecule has 0 aromatic heterocycles. The van der Waals surface area contributed by atoms with E-state index in [0.717, 1.165) is 38.3 Å². The number of aliphatic hydroxyl groups is 1. The Bertz CT molecular complexity index is 542. The fraction of sp³-hybridized carbons (Fsp3) is 0.636. The summed E-state index contributed by atoms with van der Waals surface area (Å²) >= 11 is 0. The zero-order valence-corrected chi connectivity index (χ0v) is 15.4. The zero-order chi connectivity index (χ0) is 17.2. The van der Waals surface area contributed by atoms with E-state index < -0.39 is 5.60 Å². The van der Waals surface area contributed by atoms with Crippen LogP contribution in [0.4, 0.5) is 0 Å². The Balaban J connectivity index is 1.57. The second-order valence-electron chi connectivity index (χ2n) is 8.36. The molecule has 1 aliphatic heterocycles. The standard InChI is InChI=1S/C22H33NO/c1-17(2)20-9-12-22(3,24)21(16-20)23-13-10-19(11-14-23)15-18-7-5-4-6-8-18/h4-8,19-21,24H,1,9-16H2,2-3H3/t20-,21?,22?/m1/s1. The van der Waals surface area contributed by atoms with E-state index in [2.05, 4.69) is 48.7 Å². The van der Waals surface area contributed by atoms with E-state index in [4.69, 9.17) is 0 Å². The summed E-state index contributed by atoms with van der Waals surface area (Å²) < 4.78 is 0. The van der Waals surface area contributed by atoms with Gasteiger partial charge in [-0.3, -0.25) is 4.90 Å². The molecular weight excluding hydrogens is 294 g/mol. The van der Waals surface area contributed by atoms with Crippen molar-refractivity contribution in [1.29, 1.82) is 0 Å². The zero-order valence-electron chi connectivity index (χ0n) is 15.4. The van der Waals surface area contributed by atoms with E-state index in [1.807, 2.05) is 6.92 Å². The van der Waals surface area contributed by atoms with Crippen molar-refractivity contribution in [2.75, 3.05) is 13.1 Å². The highest BCUT2D eigenvalue weighted by atomic mass is 16.3. The molecule has 3 rings (SSSR count). The highest BCUT2D eigenvalue weighted by molar-refractivity contribution is 5.15. The van der Waals surface area contributed by atoms with E-state index in [0.29, 0.717) is 12.0 Å². The molecule has 1 aliphatic carbocycles. The van der Waals surface area contributed by atoms with Gasteiger partial charge in [0.1, 0.15) is 0 Å². The van der Waals surface area contributed by atoms with Crippen molar-refractivity contribution in [3.63, 3.8) is 0 Å². The second kappa shape index (κ2) is 7.41. The molecule has 0 amide bonds. The summed E-state index contributed by atoms with van der Waals surface area (Å²) in [5.74, 6) is 1.37. The Morgan fingerprint density at radius 1 is 1.21 bits per heavy atom. The summed E-state index contributed by atoms with van der Waals surface area (Å²) in [5.41, 5.74) is 2.20. The first-order chi connectivity index (χ1) is 11.5. The molecular formula is C22H33NO. The molecule has 0 spiro atoms. The topological polar surface area (TPSA) is 23.5 Å². The number of benzene rings is 1. The molecule has 2 heteroatoms. The second-order valence-corrected chi connectivity index (χ2v) is 8.36. The first-order valence-corrected chi connectivity index (χ1v) is 9.61. The van der Waals surface area contributed by atoms with Crippen molar-refractivity contribution in [3.05, 3.63) is 48.0 Å². The van der Waals surface area contributed by atoms with Crippen molar-refractivity contribution >= 4 is 0 Å². The van der Waals surface area contributed by atoms with E-state index in [1.165, 1.54) is 30.4 Å². The quantitative estimate of drug-likeness (QED) is 0.827. The summed E-state index contributed by atoms with van der Waals surface area (Å²) in [6.07, 6.45) is 6.76. The lowest BCUT2D eigenvalue weighted by Gasteiger charge is -2.48. The number of piperidine rings is 1. The molecule has 1 N–H and O–H groups in total. The van der Waals surface area contributed by atoms with Crippen LogP contribution in [-0.4, -0.2) is 34.7 Å². The van der Waals surface area contributed by atoms with Gasteiger partial charge in [0, 0.05) is 6.04 Å². The Labute approximate surface area is 147 Å². The maximum absolute atomic E-state index is 10.9. The molecule has 1 aromatic carbocycles. The lowest BCUT2D eigenvalue weighted by molar-refractivity contribution is -0.0771. The van der Waals surface area contributed by atoms with Crippen LogP contribution in [0.2, 0.25) is 0 Å². The number of likely N-dealkylation sites (tertiary alicyclic amines) is 1. The maximum Gasteiger partial charge on any atom is 0.0774 e. The monoisotopic (exact) mass is 327 g/mol. The molecule has 1 saturated carbocycles. The lowest BCUT2D eigenvalue weighted by Crippen LogP contribution is -2.56. The lowest BCUT2D eigenvalue weighted by atomic mass is 9.72. The van der Waals surface area contributed by atoms with Crippen LogP contribution in [0.25, 0.3) is 0 Å². The summed E-state index contributed by atoms with van der Waals surface area (Å²) in [4.78, 5) is 2.57. The Hall–Kier alpha value is -1.12. The number of hydrogen-bond donors (Lipinski definition) is 1. The third-order valence-electron chi connectivity index (χ3n) is 6.38. The molecule has 1 aromatic rings. The Kier molecular flexibility index (Phi) is 5.46. The molecule has 132 valence electrons. The van der Waals surface area contributed by atoms with E-state index in [9.17, 15) is 5.11 Å². The summed E-state index contributed by atoms with van der Waals surface area (Å²) in [6.45, 7) is 10.6. The van der Waals surface area contributed by atoms with E-state index >= 15 is 0 Å². The largest absolute Gasteiger partial charge is 0.389 e. The van der Waals surface area contributed by atoms with Gasteiger partial charge in [0.25, 0.3) is 0 Å². The van der Waals surface area contributed by atoms with Crippen LogP contribution in [0, 0.1) is 11.8 Å². The third-order valence-corrected chi connectivity index (χ3v) is 6.38. The molecule has 0 radical (unpaired) electrons. The summed E-state index contributed by atoms with van der Waals surface area (Å²) in [7, 11) is 0. The van der Waals surface area contributed by atoms with Gasteiger partial charge < -0.3 is 5.11 Å². The fourth-order valence-electron chi connectivity index (χ4n) is 4.68. The van der Waals surface area contributed by atoms with Crippen LogP contribution < -0.4 is 0 Å². The maximum atomic E-state index is 10.9. The molecule has 24 heavy (non-hydrogen) atoms. The van der Waals surface area contributed by atoms with Crippen LogP contribution in [0.5, 0.6) is 0 Å². The highest BCUT2D eigenvalue weighted by Gasteiger charge is 2.42. The van der Waals surface area contributed by atoms with Gasteiger partial charge in [0.05, 0.1) is 5.60 Å². The smallest absolute Gasteiger partial charge is 0.0774 e. The predicted molar refractivity (Wildman–Crippen MR) is 101 cm³/mol. The summed E-state index contributed by atoms with van der Waals surface area (Å²) in [5, 5.41) is 10.9. The minimum absolute atomic E-state index is 0.297. The highest BCUT2D eigenvalue weighted by Crippen LogP contribution is 2.39. The van der Waals surface area contributed by atoms with Gasteiger partial charge in [-0.25, -0.2) is 0 Å². The minimum atomic E-state index is -0.543. The number of hydrogen-bond acceptors (Lipinski definition) is 2. The molecule has 1 saturated heterocycles. The van der Waals surface area contributed by atoms with Crippen molar-refractivity contribution in [2.45, 2.75) is 64.0 Å². The molecule has 3 atom stereocenters. The number of rotatable bonds is 4. The molecule has 2 nitrogen and oxygen atoms in total. The molecule has 1 heterocycles. The minimum Gasteiger partial charge on any atom is -0.389 e. The van der Waals surface area contributed by atoms with Crippen LogP contribution in [-0.2, 0) is 6.42 Å². The Morgan fingerprint density at radius 3 is 2.50 bits per heavy atom. The molecule has 2 fully saturated rings. The van der Waals surface area contributed by atoms with Crippen molar-refractivity contribution < 1.29 is 5.11 Å². The number of nitrogens with zero attached hydrogens (tertiary/aromatic N) is 1. The van der Waals surface area contributed by atoms with Gasteiger partial charge >= 0.3 is 0 Å². The Morgan fingerprint density at radius 2 is 1.88 bits per heavy atom. The predicted octanol–water partition coefficient (Wildman–Crippen LogP) is 4.44. The average molecular weight is 328 g/mol. The van der Waals surface area contributed by atoms with Gasteiger partial charge in [0.2, 0.25) is 0 Å². The average Bonchev–Trinajstić information content (AvgIpc) is 2.56.